The van der Waals surface area contributed by atoms with Crippen LogP contribution < -0.4 is 5.32 Å². The molecular weight excluding hydrogens is 240 g/mol. The molecule has 108 valence electrons. The zero-order valence-corrected chi connectivity index (χ0v) is 12.3. The fourth-order valence-electron chi connectivity index (χ4n) is 2.67. The fourth-order valence-corrected chi connectivity index (χ4v) is 2.67. The lowest BCUT2D eigenvalue weighted by molar-refractivity contribution is -0.136. The minimum atomic E-state index is -0.0687. The Bertz CT molecular complexity index is 348. The number of piperidine rings is 1. The smallest absolute Gasteiger partial charge is 0.226 e. The average Bonchev–Trinajstić information content (AvgIpc) is 3.19. The lowest BCUT2D eigenvalue weighted by atomic mass is 9.99. The van der Waals surface area contributed by atoms with Crippen LogP contribution in [0.5, 0.6) is 0 Å². The Morgan fingerprint density at radius 3 is 2.47 bits per heavy atom. The summed E-state index contributed by atoms with van der Waals surface area (Å²) in [6.07, 6.45) is 3.87. The van der Waals surface area contributed by atoms with Crippen LogP contribution in [0.25, 0.3) is 0 Å². The molecule has 0 radical (unpaired) electrons. The maximum absolute atomic E-state index is 12.3. The van der Waals surface area contributed by atoms with Gasteiger partial charge in [0.25, 0.3) is 0 Å². The van der Waals surface area contributed by atoms with Gasteiger partial charge in [-0.05, 0) is 38.5 Å². The molecule has 0 spiro atoms. The van der Waals surface area contributed by atoms with Gasteiger partial charge < -0.3 is 10.2 Å². The van der Waals surface area contributed by atoms with Gasteiger partial charge in [-0.15, -0.1) is 0 Å². The molecule has 2 fully saturated rings. The summed E-state index contributed by atoms with van der Waals surface area (Å²) >= 11 is 0. The van der Waals surface area contributed by atoms with Crippen LogP contribution in [0.3, 0.4) is 0 Å². The van der Waals surface area contributed by atoms with Gasteiger partial charge in [0.15, 0.2) is 0 Å². The van der Waals surface area contributed by atoms with Gasteiger partial charge in [-0.25, -0.2) is 0 Å². The molecular formula is C15H26N2O2. The van der Waals surface area contributed by atoms with Gasteiger partial charge in [-0.2, -0.15) is 0 Å². The predicted molar refractivity (Wildman–Crippen MR) is 74.5 cm³/mol. The van der Waals surface area contributed by atoms with Gasteiger partial charge in [0.1, 0.15) is 0 Å². The number of carbonyl (C=O) groups is 2. The van der Waals surface area contributed by atoms with Crippen LogP contribution in [-0.4, -0.2) is 35.8 Å². The van der Waals surface area contributed by atoms with E-state index in [-0.39, 0.29) is 29.7 Å². The Morgan fingerprint density at radius 2 is 1.89 bits per heavy atom. The van der Waals surface area contributed by atoms with E-state index in [0.717, 1.165) is 44.7 Å². The predicted octanol–water partition coefficient (Wildman–Crippen LogP) is 1.80. The maximum atomic E-state index is 12.3. The van der Waals surface area contributed by atoms with Gasteiger partial charge in [0, 0.05) is 19.1 Å². The highest BCUT2D eigenvalue weighted by Crippen LogP contribution is 2.40. The van der Waals surface area contributed by atoms with E-state index in [1.807, 2.05) is 11.8 Å². The van der Waals surface area contributed by atoms with E-state index < -0.39 is 0 Å². The molecule has 1 heterocycles. The molecule has 19 heavy (non-hydrogen) atoms. The molecule has 0 aromatic rings. The van der Waals surface area contributed by atoms with Crippen molar-refractivity contribution in [1.82, 2.24) is 10.2 Å². The maximum Gasteiger partial charge on any atom is 0.226 e. The van der Waals surface area contributed by atoms with Crippen LogP contribution in [0.15, 0.2) is 0 Å². The van der Waals surface area contributed by atoms with E-state index in [1.54, 1.807) is 0 Å². The van der Waals surface area contributed by atoms with Crippen molar-refractivity contribution < 1.29 is 9.59 Å². The van der Waals surface area contributed by atoms with Crippen LogP contribution in [-0.2, 0) is 9.59 Å². The van der Waals surface area contributed by atoms with E-state index in [1.165, 1.54) is 0 Å². The first kappa shape index (κ1) is 14.4. The van der Waals surface area contributed by atoms with Crippen molar-refractivity contribution in [3.63, 3.8) is 0 Å². The zero-order chi connectivity index (χ0) is 14.0. The van der Waals surface area contributed by atoms with E-state index in [2.05, 4.69) is 19.2 Å². The lowest BCUT2D eigenvalue weighted by Gasteiger charge is -2.30. The standard InChI is InChI=1S/C15H26N2O2/c1-4-11(3)16-14(18)12-9-13(12)15(19)17-7-5-10(2)6-8-17/h10-13H,4-9H2,1-3H3,(H,16,18). The van der Waals surface area contributed by atoms with Gasteiger partial charge in [-0.1, -0.05) is 13.8 Å². The second-order valence-corrected chi connectivity index (χ2v) is 6.27. The summed E-state index contributed by atoms with van der Waals surface area (Å²) in [6, 6.07) is 0.208. The number of rotatable bonds is 4. The summed E-state index contributed by atoms with van der Waals surface area (Å²) in [5.41, 5.74) is 0. The Kier molecular flexibility index (Phi) is 4.48. The summed E-state index contributed by atoms with van der Waals surface area (Å²) in [7, 11) is 0. The van der Waals surface area contributed by atoms with Crippen LogP contribution in [0.4, 0.5) is 0 Å². The number of nitrogens with one attached hydrogen (secondary N) is 1. The summed E-state index contributed by atoms with van der Waals surface area (Å²) in [5.74, 6) is 0.889. The minimum absolute atomic E-state index is 0.0440. The topological polar surface area (TPSA) is 49.4 Å². The third kappa shape index (κ3) is 3.48. The van der Waals surface area contributed by atoms with Crippen molar-refractivity contribution >= 4 is 11.8 Å². The molecule has 1 N–H and O–H groups in total. The van der Waals surface area contributed by atoms with Crippen LogP contribution in [0.1, 0.15) is 46.5 Å². The third-order valence-electron chi connectivity index (χ3n) is 4.54. The fraction of sp³-hybridized carbons (Fsp3) is 0.867. The molecule has 0 aromatic carbocycles. The van der Waals surface area contributed by atoms with E-state index in [0.29, 0.717) is 0 Å². The van der Waals surface area contributed by atoms with Gasteiger partial charge in [0.2, 0.25) is 11.8 Å². The SMILES string of the molecule is CCC(C)NC(=O)C1CC1C(=O)N1CCC(C)CC1. The van der Waals surface area contributed by atoms with E-state index in [4.69, 9.17) is 0 Å². The third-order valence-corrected chi connectivity index (χ3v) is 4.54. The van der Waals surface area contributed by atoms with Crippen molar-refractivity contribution in [1.29, 1.82) is 0 Å². The molecule has 1 saturated carbocycles. The number of carbonyl (C=O) groups excluding carboxylic acids is 2. The van der Waals surface area contributed by atoms with Crippen LogP contribution in [0, 0.1) is 17.8 Å². The first-order valence-electron chi connectivity index (χ1n) is 7.62. The van der Waals surface area contributed by atoms with Gasteiger partial charge in [0.05, 0.1) is 11.8 Å². The molecule has 2 rings (SSSR count). The number of likely N-dealkylation sites (tertiary alicyclic amines) is 1. The highest BCUT2D eigenvalue weighted by Gasteiger charge is 2.49. The molecule has 0 bridgehead atoms. The Balaban J connectivity index is 1.78. The summed E-state index contributed by atoms with van der Waals surface area (Å²) in [4.78, 5) is 26.2. The molecule has 1 aliphatic carbocycles. The summed E-state index contributed by atoms with van der Waals surface area (Å²) in [6.45, 7) is 8.03. The number of amides is 2. The van der Waals surface area contributed by atoms with E-state index >= 15 is 0 Å². The lowest BCUT2D eigenvalue weighted by Crippen LogP contribution is -2.40. The van der Waals surface area contributed by atoms with Crippen molar-refractivity contribution in [3.8, 4) is 0 Å². The summed E-state index contributed by atoms with van der Waals surface area (Å²) < 4.78 is 0. The molecule has 1 aliphatic heterocycles. The van der Waals surface area contributed by atoms with E-state index in [9.17, 15) is 9.59 Å². The highest BCUT2D eigenvalue weighted by molar-refractivity contribution is 5.92. The molecule has 2 aliphatic rings. The quantitative estimate of drug-likeness (QED) is 0.843. The largest absolute Gasteiger partial charge is 0.353 e. The van der Waals surface area contributed by atoms with Crippen molar-refractivity contribution in [2.24, 2.45) is 17.8 Å². The molecule has 2 amide bonds. The molecule has 3 atom stereocenters. The van der Waals surface area contributed by atoms with Crippen LogP contribution in [0.2, 0.25) is 0 Å². The van der Waals surface area contributed by atoms with Crippen molar-refractivity contribution in [2.75, 3.05) is 13.1 Å². The number of nitrogens with zero attached hydrogens (tertiary/aromatic N) is 1. The summed E-state index contributed by atoms with van der Waals surface area (Å²) in [5, 5.41) is 2.98. The molecule has 1 saturated heterocycles. The van der Waals surface area contributed by atoms with Crippen molar-refractivity contribution in [2.45, 2.75) is 52.5 Å². The van der Waals surface area contributed by atoms with Crippen molar-refractivity contribution in [3.05, 3.63) is 0 Å². The van der Waals surface area contributed by atoms with Crippen LogP contribution >= 0.6 is 0 Å². The Labute approximate surface area is 115 Å². The van der Waals surface area contributed by atoms with Gasteiger partial charge in [-0.3, -0.25) is 9.59 Å². The Morgan fingerprint density at radius 1 is 1.26 bits per heavy atom. The number of hydrogen-bond donors (Lipinski definition) is 1. The molecule has 4 heteroatoms. The second kappa shape index (κ2) is 5.93. The second-order valence-electron chi connectivity index (χ2n) is 6.27. The Hall–Kier alpha value is -1.06. The molecule has 0 aromatic heterocycles. The monoisotopic (exact) mass is 266 g/mol. The minimum Gasteiger partial charge on any atom is -0.353 e. The molecule has 4 nitrogen and oxygen atoms in total. The average molecular weight is 266 g/mol. The first-order chi connectivity index (χ1) is 9.02. The normalized spacial score (nSPS) is 28.9. The molecule has 3 unspecified atom stereocenters. The first-order valence-corrected chi connectivity index (χ1v) is 7.62. The van der Waals surface area contributed by atoms with Gasteiger partial charge >= 0.3 is 0 Å². The zero-order valence-electron chi connectivity index (χ0n) is 12.3. The number of hydrogen-bond acceptors (Lipinski definition) is 2. The highest BCUT2D eigenvalue weighted by atomic mass is 16.2.